The third kappa shape index (κ3) is 2.79. The molecule has 114 valence electrons. The van der Waals surface area contributed by atoms with Crippen LogP contribution < -0.4 is 5.56 Å². The molecule has 0 atom stereocenters. The van der Waals surface area contributed by atoms with Crippen molar-refractivity contribution in [3.8, 4) is 0 Å². The maximum atomic E-state index is 12.5. The molecule has 1 aliphatic rings. The Morgan fingerprint density at radius 2 is 1.95 bits per heavy atom. The van der Waals surface area contributed by atoms with Crippen LogP contribution in [-0.4, -0.2) is 26.9 Å². The van der Waals surface area contributed by atoms with Crippen LogP contribution in [-0.2, 0) is 24.3 Å². The number of hydrogen-bond donors (Lipinski definition) is 0. The fourth-order valence-electron chi connectivity index (χ4n) is 2.90. The van der Waals surface area contributed by atoms with E-state index in [1.54, 1.807) is 13.8 Å². The van der Waals surface area contributed by atoms with Crippen molar-refractivity contribution < 1.29 is 4.79 Å². The molecule has 0 saturated heterocycles. The van der Waals surface area contributed by atoms with E-state index in [2.05, 4.69) is 17.1 Å². The Morgan fingerprint density at radius 1 is 1.23 bits per heavy atom. The van der Waals surface area contributed by atoms with Crippen LogP contribution >= 0.6 is 0 Å². The number of aryl methyl sites for hydroxylation is 2. The summed E-state index contributed by atoms with van der Waals surface area (Å²) in [6.45, 7) is 4.90. The number of carbonyl (C=O) groups is 1. The van der Waals surface area contributed by atoms with Crippen LogP contribution in [0, 0.1) is 13.8 Å². The van der Waals surface area contributed by atoms with Gasteiger partial charge >= 0.3 is 0 Å². The first kappa shape index (κ1) is 14.5. The van der Waals surface area contributed by atoms with Crippen LogP contribution in [0.15, 0.2) is 35.1 Å². The number of hydrogen-bond acceptors (Lipinski definition) is 3. The summed E-state index contributed by atoms with van der Waals surface area (Å²) in [4.78, 5) is 30.6. The van der Waals surface area contributed by atoms with Crippen LogP contribution in [0.2, 0.25) is 0 Å². The van der Waals surface area contributed by atoms with Gasteiger partial charge in [-0.05, 0) is 31.4 Å². The van der Waals surface area contributed by atoms with Crippen LogP contribution in [0.25, 0.3) is 0 Å². The molecule has 5 heteroatoms. The highest BCUT2D eigenvalue weighted by molar-refractivity contribution is 5.76. The van der Waals surface area contributed by atoms with E-state index in [0.717, 1.165) is 6.42 Å². The minimum atomic E-state index is -0.171. The van der Waals surface area contributed by atoms with Crippen LogP contribution in [0.4, 0.5) is 0 Å². The highest BCUT2D eigenvalue weighted by Gasteiger charge is 2.21. The first-order valence-corrected chi connectivity index (χ1v) is 7.44. The number of amides is 1. The number of nitrogens with zero attached hydrogens (tertiary/aromatic N) is 3. The molecule has 1 aromatic heterocycles. The quantitative estimate of drug-likeness (QED) is 0.843. The summed E-state index contributed by atoms with van der Waals surface area (Å²) in [6, 6.07) is 9.64. The standard InChI is InChI=1S/C17H19N3O2/c1-12-9-16(21)20(13(2)18-12)11-17(22)19-8-7-14-5-3-4-6-15(14)10-19/h3-6,9H,7-8,10-11H2,1-2H3. The van der Waals surface area contributed by atoms with Crippen molar-refractivity contribution >= 4 is 5.91 Å². The van der Waals surface area contributed by atoms with Crippen LogP contribution in [0.5, 0.6) is 0 Å². The van der Waals surface area contributed by atoms with E-state index in [4.69, 9.17) is 0 Å². The van der Waals surface area contributed by atoms with Gasteiger partial charge < -0.3 is 4.90 Å². The average Bonchev–Trinajstić information content (AvgIpc) is 2.50. The Kier molecular flexibility index (Phi) is 3.79. The topological polar surface area (TPSA) is 55.2 Å². The maximum Gasteiger partial charge on any atom is 0.254 e. The Labute approximate surface area is 129 Å². The lowest BCUT2D eigenvalue weighted by Crippen LogP contribution is -2.40. The molecular weight excluding hydrogens is 278 g/mol. The molecular formula is C17H19N3O2. The van der Waals surface area contributed by atoms with Gasteiger partial charge in [-0.3, -0.25) is 14.2 Å². The lowest BCUT2D eigenvalue weighted by Gasteiger charge is -2.29. The molecule has 0 spiro atoms. The molecule has 0 bridgehead atoms. The van der Waals surface area contributed by atoms with Gasteiger partial charge in [0.25, 0.3) is 5.56 Å². The first-order valence-electron chi connectivity index (χ1n) is 7.44. The molecule has 0 fully saturated rings. The summed E-state index contributed by atoms with van der Waals surface area (Å²) in [5, 5.41) is 0. The van der Waals surface area contributed by atoms with E-state index >= 15 is 0 Å². The van der Waals surface area contributed by atoms with Gasteiger partial charge in [0.1, 0.15) is 12.4 Å². The van der Waals surface area contributed by atoms with Gasteiger partial charge in [0.15, 0.2) is 0 Å². The first-order chi connectivity index (χ1) is 10.5. The fourth-order valence-corrected chi connectivity index (χ4v) is 2.90. The Hall–Kier alpha value is -2.43. The summed E-state index contributed by atoms with van der Waals surface area (Å²) in [5.41, 5.74) is 3.00. The molecule has 5 nitrogen and oxygen atoms in total. The lowest BCUT2D eigenvalue weighted by molar-refractivity contribution is -0.132. The molecule has 1 amide bonds. The van der Waals surface area contributed by atoms with Crippen LogP contribution in [0.1, 0.15) is 22.6 Å². The van der Waals surface area contributed by atoms with Crippen molar-refractivity contribution in [1.82, 2.24) is 14.5 Å². The second kappa shape index (κ2) is 5.75. The van der Waals surface area contributed by atoms with Crippen LogP contribution in [0.3, 0.4) is 0 Å². The number of aromatic nitrogens is 2. The fraction of sp³-hybridized carbons (Fsp3) is 0.353. The molecule has 0 radical (unpaired) electrons. The van der Waals surface area contributed by atoms with Crippen molar-refractivity contribution in [2.24, 2.45) is 0 Å². The Morgan fingerprint density at radius 3 is 2.68 bits per heavy atom. The van der Waals surface area contributed by atoms with Gasteiger partial charge in [0, 0.05) is 24.8 Å². The van der Waals surface area contributed by atoms with Gasteiger partial charge in [-0.25, -0.2) is 4.98 Å². The predicted molar refractivity (Wildman–Crippen MR) is 83.5 cm³/mol. The molecule has 2 aromatic rings. The van der Waals surface area contributed by atoms with E-state index in [0.29, 0.717) is 24.6 Å². The molecule has 3 rings (SSSR count). The third-order valence-corrected chi connectivity index (χ3v) is 4.10. The zero-order chi connectivity index (χ0) is 15.7. The van der Waals surface area contributed by atoms with Gasteiger partial charge in [0.2, 0.25) is 5.91 Å². The van der Waals surface area contributed by atoms with Crippen molar-refractivity contribution in [2.75, 3.05) is 6.54 Å². The normalized spacial score (nSPS) is 13.8. The van der Waals surface area contributed by atoms with E-state index in [1.807, 2.05) is 17.0 Å². The smallest absolute Gasteiger partial charge is 0.254 e. The molecule has 2 heterocycles. The van der Waals surface area contributed by atoms with Gasteiger partial charge in [-0.15, -0.1) is 0 Å². The number of benzene rings is 1. The number of rotatable bonds is 2. The van der Waals surface area contributed by atoms with Gasteiger partial charge in [-0.2, -0.15) is 0 Å². The maximum absolute atomic E-state index is 12.5. The zero-order valence-electron chi connectivity index (χ0n) is 12.9. The average molecular weight is 297 g/mol. The molecule has 22 heavy (non-hydrogen) atoms. The SMILES string of the molecule is Cc1cc(=O)n(CC(=O)N2CCc3ccccc3C2)c(C)n1. The van der Waals surface area contributed by atoms with Crippen molar-refractivity contribution in [2.45, 2.75) is 33.4 Å². The second-order valence-electron chi connectivity index (χ2n) is 5.70. The van der Waals surface area contributed by atoms with Crippen molar-refractivity contribution in [1.29, 1.82) is 0 Å². The number of carbonyl (C=O) groups excluding carboxylic acids is 1. The monoisotopic (exact) mass is 297 g/mol. The summed E-state index contributed by atoms with van der Waals surface area (Å²) in [5.74, 6) is 0.543. The van der Waals surface area contributed by atoms with Gasteiger partial charge in [0.05, 0.1) is 0 Å². The zero-order valence-corrected chi connectivity index (χ0v) is 12.9. The highest BCUT2D eigenvalue weighted by atomic mass is 16.2. The lowest BCUT2D eigenvalue weighted by atomic mass is 10.00. The van der Waals surface area contributed by atoms with E-state index < -0.39 is 0 Å². The minimum absolute atomic E-state index is 0.0367. The molecule has 1 aliphatic heterocycles. The van der Waals surface area contributed by atoms with E-state index in [-0.39, 0.29) is 18.0 Å². The minimum Gasteiger partial charge on any atom is -0.336 e. The molecule has 0 N–H and O–H groups in total. The largest absolute Gasteiger partial charge is 0.336 e. The summed E-state index contributed by atoms with van der Waals surface area (Å²) >= 11 is 0. The molecule has 0 saturated carbocycles. The highest BCUT2D eigenvalue weighted by Crippen LogP contribution is 2.18. The Bertz CT molecular complexity index is 780. The second-order valence-corrected chi connectivity index (χ2v) is 5.70. The summed E-state index contributed by atoms with van der Waals surface area (Å²) < 4.78 is 1.44. The predicted octanol–water partition coefficient (Wildman–Crippen LogP) is 1.45. The molecule has 1 aromatic carbocycles. The van der Waals surface area contributed by atoms with Crippen molar-refractivity contribution in [3.05, 3.63) is 63.3 Å². The molecule has 0 unspecified atom stereocenters. The van der Waals surface area contributed by atoms with E-state index in [9.17, 15) is 9.59 Å². The summed E-state index contributed by atoms with van der Waals surface area (Å²) in [7, 11) is 0. The van der Waals surface area contributed by atoms with E-state index in [1.165, 1.54) is 21.8 Å². The van der Waals surface area contributed by atoms with Gasteiger partial charge in [-0.1, -0.05) is 24.3 Å². The summed E-state index contributed by atoms with van der Waals surface area (Å²) in [6.07, 6.45) is 0.863. The molecule has 0 aliphatic carbocycles. The van der Waals surface area contributed by atoms with Crippen molar-refractivity contribution in [3.63, 3.8) is 0 Å². The third-order valence-electron chi connectivity index (χ3n) is 4.10. The Balaban J connectivity index is 1.78. The number of fused-ring (bicyclic) bond motifs is 1.